The number of nitrogens with zero attached hydrogens (tertiary/aromatic N) is 2. The Balaban J connectivity index is 1.98. The molecule has 0 bridgehead atoms. The van der Waals surface area contributed by atoms with E-state index in [1.807, 2.05) is 30.3 Å². The van der Waals surface area contributed by atoms with E-state index in [2.05, 4.69) is 5.10 Å². The zero-order valence-corrected chi connectivity index (χ0v) is 15.3. The molecular formula is C20H16N2O4S. The number of para-hydroxylation sites is 1. The Bertz CT molecular complexity index is 1040. The van der Waals surface area contributed by atoms with Crippen molar-refractivity contribution in [3.05, 3.63) is 65.4 Å². The molecule has 4 rings (SSSR count). The Morgan fingerprint density at radius 1 is 1.22 bits per heavy atom. The maximum atomic E-state index is 12.4. The van der Waals surface area contributed by atoms with Crippen molar-refractivity contribution in [2.45, 2.75) is 17.6 Å². The van der Waals surface area contributed by atoms with Crippen LogP contribution in [0.1, 0.15) is 33.3 Å². The van der Waals surface area contributed by atoms with Gasteiger partial charge >= 0.3 is 11.9 Å². The Hall–Kier alpha value is -3.06. The number of fused-ring (bicyclic) bond motifs is 3. The van der Waals surface area contributed by atoms with E-state index in [9.17, 15) is 14.7 Å². The molecule has 0 spiro atoms. The highest BCUT2D eigenvalue weighted by atomic mass is 32.2. The minimum atomic E-state index is -0.994. The number of thioether (sulfide) groups is 1. The van der Waals surface area contributed by atoms with E-state index in [0.717, 1.165) is 27.4 Å². The first-order valence-electron chi connectivity index (χ1n) is 8.45. The van der Waals surface area contributed by atoms with Crippen molar-refractivity contribution in [3.63, 3.8) is 0 Å². The quantitative estimate of drug-likeness (QED) is 0.689. The Labute approximate surface area is 159 Å². The fourth-order valence-electron chi connectivity index (χ4n) is 3.11. The summed E-state index contributed by atoms with van der Waals surface area (Å²) in [5, 5.41) is 13.9. The van der Waals surface area contributed by atoms with Gasteiger partial charge in [-0.1, -0.05) is 18.2 Å². The van der Waals surface area contributed by atoms with Crippen molar-refractivity contribution in [2.75, 3.05) is 6.61 Å². The van der Waals surface area contributed by atoms with E-state index >= 15 is 0 Å². The normalized spacial score (nSPS) is 12.2. The van der Waals surface area contributed by atoms with Crippen LogP contribution in [0.5, 0.6) is 0 Å². The summed E-state index contributed by atoms with van der Waals surface area (Å²) in [5.74, 6) is -0.899. The fourth-order valence-corrected chi connectivity index (χ4v) is 4.16. The highest BCUT2D eigenvalue weighted by molar-refractivity contribution is 7.98. The van der Waals surface area contributed by atoms with Gasteiger partial charge in [-0.2, -0.15) is 5.10 Å². The van der Waals surface area contributed by atoms with E-state index in [1.54, 1.807) is 41.6 Å². The predicted octanol–water partition coefficient (Wildman–Crippen LogP) is 4.02. The molecule has 3 aromatic rings. The lowest BCUT2D eigenvalue weighted by Crippen LogP contribution is -2.08. The number of rotatable bonds is 4. The molecule has 1 N–H and O–H groups in total. The van der Waals surface area contributed by atoms with E-state index in [1.165, 1.54) is 0 Å². The van der Waals surface area contributed by atoms with Gasteiger partial charge in [0.15, 0.2) is 5.69 Å². The van der Waals surface area contributed by atoms with Gasteiger partial charge < -0.3 is 9.84 Å². The summed E-state index contributed by atoms with van der Waals surface area (Å²) in [5.41, 5.74) is 3.52. The maximum absolute atomic E-state index is 12.4. The number of hydrogen-bond donors (Lipinski definition) is 1. The predicted molar refractivity (Wildman–Crippen MR) is 101 cm³/mol. The number of benzene rings is 2. The van der Waals surface area contributed by atoms with Crippen LogP contribution < -0.4 is 0 Å². The van der Waals surface area contributed by atoms with Crippen molar-refractivity contribution in [1.29, 1.82) is 0 Å². The van der Waals surface area contributed by atoms with Gasteiger partial charge in [-0.3, -0.25) is 0 Å². The third kappa shape index (κ3) is 3.00. The van der Waals surface area contributed by atoms with Crippen LogP contribution in [-0.2, 0) is 10.5 Å². The third-order valence-corrected chi connectivity index (χ3v) is 5.41. The van der Waals surface area contributed by atoms with Crippen LogP contribution in [0.15, 0.2) is 53.4 Å². The minimum Gasteiger partial charge on any atom is -0.478 e. The first-order valence-corrected chi connectivity index (χ1v) is 9.43. The van der Waals surface area contributed by atoms with Crippen LogP contribution >= 0.6 is 11.8 Å². The van der Waals surface area contributed by atoms with Crippen molar-refractivity contribution in [1.82, 2.24) is 9.78 Å². The Morgan fingerprint density at radius 3 is 2.70 bits per heavy atom. The molecule has 136 valence electrons. The SMILES string of the molecule is CCOC(=O)c1nn(-c2ccccc2)c2c1CSc1ccc(C(=O)O)cc1-2. The zero-order chi connectivity index (χ0) is 19.0. The lowest BCUT2D eigenvalue weighted by molar-refractivity contribution is 0.0517. The zero-order valence-electron chi connectivity index (χ0n) is 14.5. The van der Waals surface area contributed by atoms with Crippen LogP contribution in [0.4, 0.5) is 0 Å². The molecule has 27 heavy (non-hydrogen) atoms. The number of carboxylic acid groups (broad SMARTS) is 1. The molecule has 2 aromatic carbocycles. The third-order valence-electron chi connectivity index (χ3n) is 4.31. The highest BCUT2D eigenvalue weighted by Crippen LogP contribution is 2.44. The molecule has 0 radical (unpaired) electrons. The van der Waals surface area contributed by atoms with Gasteiger partial charge in [0.1, 0.15) is 0 Å². The van der Waals surface area contributed by atoms with Crippen LogP contribution in [-0.4, -0.2) is 33.4 Å². The molecule has 0 saturated carbocycles. The van der Waals surface area contributed by atoms with Crippen LogP contribution in [0, 0.1) is 0 Å². The fraction of sp³-hybridized carbons (Fsp3) is 0.150. The number of carboxylic acids is 1. The molecular weight excluding hydrogens is 364 g/mol. The van der Waals surface area contributed by atoms with Crippen molar-refractivity contribution >= 4 is 23.7 Å². The molecule has 0 atom stereocenters. The summed E-state index contributed by atoms with van der Waals surface area (Å²) < 4.78 is 6.88. The van der Waals surface area contributed by atoms with E-state index in [0.29, 0.717) is 5.75 Å². The van der Waals surface area contributed by atoms with Crippen LogP contribution in [0.25, 0.3) is 16.9 Å². The lowest BCUT2D eigenvalue weighted by Gasteiger charge is -2.19. The molecule has 0 aliphatic carbocycles. The molecule has 6 nitrogen and oxygen atoms in total. The molecule has 0 saturated heterocycles. The Kier molecular flexibility index (Phi) is 4.45. The van der Waals surface area contributed by atoms with Gasteiger partial charge in [0.25, 0.3) is 0 Å². The molecule has 7 heteroatoms. The summed E-state index contributed by atoms with van der Waals surface area (Å²) >= 11 is 1.56. The Morgan fingerprint density at radius 2 is 2.00 bits per heavy atom. The van der Waals surface area contributed by atoms with Crippen LogP contribution in [0.3, 0.4) is 0 Å². The van der Waals surface area contributed by atoms with Gasteiger partial charge in [-0.25, -0.2) is 14.3 Å². The molecule has 1 aromatic heterocycles. The largest absolute Gasteiger partial charge is 0.478 e. The maximum Gasteiger partial charge on any atom is 0.359 e. The average molecular weight is 380 g/mol. The van der Waals surface area contributed by atoms with Crippen molar-refractivity contribution in [2.24, 2.45) is 0 Å². The first-order chi connectivity index (χ1) is 13.1. The van der Waals surface area contributed by atoms with E-state index in [4.69, 9.17) is 4.74 Å². The smallest absolute Gasteiger partial charge is 0.359 e. The molecule has 0 amide bonds. The number of esters is 1. The van der Waals surface area contributed by atoms with E-state index in [-0.39, 0.29) is 17.9 Å². The number of hydrogen-bond acceptors (Lipinski definition) is 5. The van der Waals surface area contributed by atoms with Crippen molar-refractivity contribution < 1.29 is 19.4 Å². The molecule has 0 fully saturated rings. The second-order valence-corrected chi connectivity index (χ2v) is 6.97. The average Bonchev–Trinajstić information content (AvgIpc) is 3.08. The topological polar surface area (TPSA) is 81.4 Å². The number of carbonyl (C=O) groups excluding carboxylic acids is 1. The minimum absolute atomic E-state index is 0.195. The number of carbonyl (C=O) groups is 2. The molecule has 0 unspecified atom stereocenters. The second kappa shape index (κ2) is 6.92. The second-order valence-electron chi connectivity index (χ2n) is 5.95. The molecule has 1 aliphatic heterocycles. The monoisotopic (exact) mass is 380 g/mol. The number of aromatic carboxylic acids is 1. The first kappa shape index (κ1) is 17.4. The summed E-state index contributed by atoms with van der Waals surface area (Å²) in [4.78, 5) is 24.9. The van der Waals surface area contributed by atoms with Gasteiger partial charge in [0, 0.05) is 21.8 Å². The van der Waals surface area contributed by atoms with E-state index < -0.39 is 11.9 Å². The summed E-state index contributed by atoms with van der Waals surface area (Å²) in [7, 11) is 0. The van der Waals surface area contributed by atoms with Gasteiger partial charge in [0.05, 0.1) is 23.6 Å². The van der Waals surface area contributed by atoms with Gasteiger partial charge in [-0.15, -0.1) is 11.8 Å². The van der Waals surface area contributed by atoms with Crippen LogP contribution in [0.2, 0.25) is 0 Å². The molecule has 1 aliphatic rings. The lowest BCUT2D eigenvalue weighted by atomic mass is 10.0. The number of ether oxygens (including phenoxy) is 1. The highest BCUT2D eigenvalue weighted by Gasteiger charge is 2.30. The van der Waals surface area contributed by atoms with Gasteiger partial charge in [-0.05, 0) is 37.3 Å². The number of aromatic nitrogens is 2. The summed E-state index contributed by atoms with van der Waals surface area (Å²) in [6, 6.07) is 14.5. The standard InChI is InChI=1S/C20H16N2O4S/c1-2-26-20(25)17-15-11-27-16-9-8-12(19(23)24)10-14(16)18(15)22(21-17)13-6-4-3-5-7-13/h3-10H,2,11H2,1H3,(H,23,24). The summed E-state index contributed by atoms with van der Waals surface area (Å²) in [6.45, 7) is 2.01. The van der Waals surface area contributed by atoms with Gasteiger partial charge in [0.2, 0.25) is 0 Å². The van der Waals surface area contributed by atoms with Crippen molar-refractivity contribution in [3.8, 4) is 16.9 Å². The summed E-state index contributed by atoms with van der Waals surface area (Å²) in [6.07, 6.45) is 0. The molecule has 2 heterocycles.